The number of piperazine rings is 1. The maximum atomic E-state index is 13.8. The third-order valence-corrected chi connectivity index (χ3v) is 8.39. The summed E-state index contributed by atoms with van der Waals surface area (Å²) in [5, 5.41) is 0. The number of halogens is 1. The van der Waals surface area contributed by atoms with E-state index in [4.69, 9.17) is 0 Å². The first kappa shape index (κ1) is 23.3. The molecule has 31 heavy (non-hydrogen) atoms. The number of nitrogens with one attached hydrogen (secondary N) is 1. The molecular weight excluding hydrogens is 445 g/mol. The zero-order valence-corrected chi connectivity index (χ0v) is 18.6. The third-order valence-electron chi connectivity index (χ3n) is 4.96. The summed E-state index contributed by atoms with van der Waals surface area (Å²) in [6.07, 6.45) is 0. The van der Waals surface area contributed by atoms with Crippen molar-refractivity contribution >= 4 is 26.0 Å². The van der Waals surface area contributed by atoms with E-state index in [1.165, 1.54) is 28.3 Å². The van der Waals surface area contributed by atoms with E-state index in [2.05, 4.69) is 4.72 Å². The molecule has 0 saturated carbocycles. The molecule has 1 N–H and O–H groups in total. The first-order valence-corrected chi connectivity index (χ1v) is 12.8. The van der Waals surface area contributed by atoms with E-state index >= 15 is 0 Å². The van der Waals surface area contributed by atoms with Crippen LogP contribution in [0.2, 0.25) is 0 Å². The summed E-state index contributed by atoms with van der Waals surface area (Å²) >= 11 is 0. The van der Waals surface area contributed by atoms with Crippen LogP contribution >= 0.6 is 0 Å². The smallest absolute Gasteiger partial charge is 0.244 e. The standard InChI is InChI=1S/C20H24FN3O5S2/c1-16(22-31(28,29)19-10-6-5-9-18(19)21)20(25)23-11-13-24(14-12-23)30(26,27)15-17-7-3-2-4-8-17/h2-10,16,22H,11-15H2,1H3/t16-/m0/s1. The lowest BCUT2D eigenvalue weighted by Gasteiger charge is -2.35. The molecule has 0 aliphatic carbocycles. The van der Waals surface area contributed by atoms with E-state index in [-0.39, 0.29) is 31.9 Å². The quantitative estimate of drug-likeness (QED) is 0.656. The highest BCUT2D eigenvalue weighted by molar-refractivity contribution is 7.89. The predicted octanol–water partition coefficient (Wildman–Crippen LogP) is 1.17. The number of hydrogen-bond acceptors (Lipinski definition) is 5. The number of rotatable bonds is 7. The van der Waals surface area contributed by atoms with Crippen LogP contribution in [-0.4, -0.2) is 64.2 Å². The monoisotopic (exact) mass is 469 g/mol. The van der Waals surface area contributed by atoms with Gasteiger partial charge in [-0.2, -0.15) is 9.03 Å². The fourth-order valence-electron chi connectivity index (χ4n) is 3.35. The molecule has 2 aromatic carbocycles. The highest BCUT2D eigenvalue weighted by atomic mass is 32.2. The van der Waals surface area contributed by atoms with Crippen molar-refractivity contribution in [3.05, 3.63) is 66.0 Å². The van der Waals surface area contributed by atoms with E-state index in [0.29, 0.717) is 5.56 Å². The normalized spacial score (nSPS) is 16.8. The molecule has 1 aliphatic heterocycles. The number of carbonyl (C=O) groups is 1. The highest BCUT2D eigenvalue weighted by Crippen LogP contribution is 2.16. The molecule has 2 aromatic rings. The summed E-state index contributed by atoms with van der Waals surface area (Å²) in [6, 6.07) is 12.6. The number of hydrogen-bond donors (Lipinski definition) is 1. The molecule has 0 radical (unpaired) electrons. The molecule has 11 heteroatoms. The van der Waals surface area contributed by atoms with Gasteiger partial charge < -0.3 is 4.90 Å². The molecule has 1 atom stereocenters. The van der Waals surface area contributed by atoms with Crippen LogP contribution in [0.4, 0.5) is 4.39 Å². The lowest BCUT2D eigenvalue weighted by atomic mass is 10.2. The molecule has 0 bridgehead atoms. The van der Waals surface area contributed by atoms with Crippen molar-refractivity contribution in [1.29, 1.82) is 0 Å². The van der Waals surface area contributed by atoms with Gasteiger partial charge in [0.15, 0.2) is 0 Å². The Morgan fingerprint density at radius 2 is 1.55 bits per heavy atom. The Kier molecular flexibility index (Phi) is 7.10. The number of benzene rings is 2. The van der Waals surface area contributed by atoms with Crippen LogP contribution in [0.5, 0.6) is 0 Å². The largest absolute Gasteiger partial charge is 0.339 e. The average Bonchev–Trinajstić information content (AvgIpc) is 2.73. The van der Waals surface area contributed by atoms with Crippen LogP contribution < -0.4 is 4.72 Å². The molecule has 1 aliphatic rings. The van der Waals surface area contributed by atoms with Gasteiger partial charge in [0.05, 0.1) is 11.8 Å². The molecule has 0 spiro atoms. The van der Waals surface area contributed by atoms with E-state index in [9.17, 15) is 26.0 Å². The fourth-order valence-corrected chi connectivity index (χ4v) is 6.14. The van der Waals surface area contributed by atoms with Gasteiger partial charge in [-0.25, -0.2) is 21.2 Å². The van der Waals surface area contributed by atoms with Crippen LogP contribution in [0.25, 0.3) is 0 Å². The minimum atomic E-state index is -4.22. The molecule has 0 aromatic heterocycles. The molecule has 3 rings (SSSR count). The molecule has 1 saturated heterocycles. The van der Waals surface area contributed by atoms with Crippen molar-refractivity contribution in [2.75, 3.05) is 26.2 Å². The lowest BCUT2D eigenvalue weighted by molar-refractivity contribution is -0.133. The Labute approximate surface area is 181 Å². The van der Waals surface area contributed by atoms with Crippen molar-refractivity contribution in [3.8, 4) is 0 Å². The number of sulfonamides is 2. The van der Waals surface area contributed by atoms with E-state index in [1.807, 2.05) is 6.07 Å². The summed E-state index contributed by atoms with van der Waals surface area (Å²) in [4.78, 5) is 13.5. The Morgan fingerprint density at radius 3 is 2.16 bits per heavy atom. The van der Waals surface area contributed by atoms with Crippen molar-refractivity contribution in [2.24, 2.45) is 0 Å². The summed E-state index contributed by atoms with van der Waals surface area (Å²) < 4.78 is 67.4. The summed E-state index contributed by atoms with van der Waals surface area (Å²) in [7, 11) is -7.75. The summed E-state index contributed by atoms with van der Waals surface area (Å²) in [6.45, 7) is 1.89. The van der Waals surface area contributed by atoms with Crippen LogP contribution in [0, 0.1) is 5.82 Å². The van der Waals surface area contributed by atoms with Gasteiger partial charge in [-0.05, 0) is 24.6 Å². The van der Waals surface area contributed by atoms with Gasteiger partial charge in [-0.3, -0.25) is 4.79 Å². The molecule has 1 heterocycles. The minimum Gasteiger partial charge on any atom is -0.339 e. The summed E-state index contributed by atoms with van der Waals surface area (Å²) in [5.41, 5.74) is 0.678. The van der Waals surface area contributed by atoms with Gasteiger partial charge in [-0.1, -0.05) is 42.5 Å². The molecule has 8 nitrogen and oxygen atoms in total. The van der Waals surface area contributed by atoms with Crippen molar-refractivity contribution in [3.63, 3.8) is 0 Å². The van der Waals surface area contributed by atoms with Crippen LogP contribution in [0.15, 0.2) is 59.5 Å². The molecule has 1 amide bonds. The zero-order chi connectivity index (χ0) is 22.6. The predicted molar refractivity (Wildman–Crippen MR) is 113 cm³/mol. The van der Waals surface area contributed by atoms with Crippen molar-refractivity contribution in [1.82, 2.24) is 13.9 Å². The average molecular weight is 470 g/mol. The van der Waals surface area contributed by atoms with Crippen molar-refractivity contribution < 1.29 is 26.0 Å². The van der Waals surface area contributed by atoms with Gasteiger partial charge in [-0.15, -0.1) is 0 Å². The second-order valence-electron chi connectivity index (χ2n) is 7.24. The zero-order valence-electron chi connectivity index (χ0n) is 16.9. The lowest BCUT2D eigenvalue weighted by Crippen LogP contribution is -2.55. The molecular formula is C20H24FN3O5S2. The maximum Gasteiger partial charge on any atom is 0.244 e. The Balaban J connectivity index is 1.59. The van der Waals surface area contributed by atoms with Gasteiger partial charge in [0.25, 0.3) is 0 Å². The van der Waals surface area contributed by atoms with Crippen LogP contribution in [-0.2, 0) is 30.6 Å². The Hall–Kier alpha value is -2.34. The number of amides is 1. The number of carbonyl (C=O) groups excluding carboxylic acids is 1. The van der Waals surface area contributed by atoms with E-state index < -0.39 is 42.7 Å². The molecule has 0 unspecified atom stereocenters. The molecule has 168 valence electrons. The Bertz CT molecular complexity index is 1130. The van der Waals surface area contributed by atoms with Crippen LogP contribution in [0.1, 0.15) is 12.5 Å². The van der Waals surface area contributed by atoms with Gasteiger partial charge in [0, 0.05) is 26.2 Å². The number of nitrogens with zero attached hydrogens (tertiary/aromatic N) is 2. The van der Waals surface area contributed by atoms with Crippen LogP contribution in [0.3, 0.4) is 0 Å². The minimum absolute atomic E-state index is 0.119. The van der Waals surface area contributed by atoms with Gasteiger partial charge in [0.1, 0.15) is 10.7 Å². The maximum absolute atomic E-state index is 13.8. The topological polar surface area (TPSA) is 104 Å². The highest BCUT2D eigenvalue weighted by Gasteiger charge is 2.32. The first-order valence-electron chi connectivity index (χ1n) is 9.67. The van der Waals surface area contributed by atoms with Gasteiger partial charge >= 0.3 is 0 Å². The van der Waals surface area contributed by atoms with Gasteiger partial charge in [0.2, 0.25) is 26.0 Å². The van der Waals surface area contributed by atoms with Crippen molar-refractivity contribution in [2.45, 2.75) is 23.6 Å². The second kappa shape index (κ2) is 9.43. The fraction of sp³-hybridized carbons (Fsp3) is 0.350. The Morgan fingerprint density at radius 1 is 0.968 bits per heavy atom. The summed E-state index contributed by atoms with van der Waals surface area (Å²) in [5.74, 6) is -1.53. The van der Waals surface area contributed by atoms with E-state index in [0.717, 1.165) is 12.1 Å². The third kappa shape index (κ3) is 5.67. The second-order valence-corrected chi connectivity index (χ2v) is 10.9. The van der Waals surface area contributed by atoms with E-state index in [1.54, 1.807) is 24.3 Å². The first-order chi connectivity index (χ1) is 14.6. The molecule has 1 fully saturated rings. The SMILES string of the molecule is C[C@H](NS(=O)(=O)c1ccccc1F)C(=O)N1CCN(S(=O)(=O)Cc2ccccc2)CC1.